The van der Waals surface area contributed by atoms with Crippen molar-refractivity contribution in [1.82, 2.24) is 0 Å². The molecule has 28 heavy (non-hydrogen) atoms. The van der Waals surface area contributed by atoms with E-state index in [-0.39, 0.29) is 10.8 Å². The third-order valence-electron chi connectivity index (χ3n) is 4.18. The number of nitrogens with zero attached hydrogens (tertiary/aromatic N) is 2. The van der Waals surface area contributed by atoms with E-state index in [0.717, 1.165) is 0 Å². The van der Waals surface area contributed by atoms with Crippen molar-refractivity contribution in [3.05, 3.63) is 53.6 Å². The van der Waals surface area contributed by atoms with E-state index < -0.39 is 10.1 Å². The highest BCUT2D eigenvalue weighted by Crippen LogP contribution is 2.30. The van der Waals surface area contributed by atoms with E-state index in [0.29, 0.717) is 34.0 Å². The van der Waals surface area contributed by atoms with Gasteiger partial charge in [0.2, 0.25) is 0 Å². The molecule has 0 saturated carbocycles. The molecule has 0 bridgehead atoms. The van der Waals surface area contributed by atoms with E-state index in [2.05, 4.69) is 5.10 Å². The minimum atomic E-state index is -4.31. The van der Waals surface area contributed by atoms with Crippen molar-refractivity contribution in [1.29, 1.82) is 0 Å². The molecule has 2 aromatic carbocycles. The van der Waals surface area contributed by atoms with Crippen molar-refractivity contribution in [3.8, 4) is 11.5 Å². The molecule has 0 saturated heterocycles. The smallest absolute Gasteiger partial charge is 0.294 e. The molecule has 1 heterocycles. The summed E-state index contributed by atoms with van der Waals surface area (Å²) in [6, 6.07) is 10.4. The molecule has 0 spiro atoms. The van der Waals surface area contributed by atoms with Gasteiger partial charge in [-0.3, -0.25) is 9.35 Å². The molecule has 0 unspecified atom stereocenters. The Morgan fingerprint density at radius 3 is 2.32 bits per heavy atom. The average Bonchev–Trinajstić information content (AvgIpc) is 2.96. The van der Waals surface area contributed by atoms with Crippen LogP contribution < -0.4 is 14.5 Å². The summed E-state index contributed by atoms with van der Waals surface area (Å²) in [6.45, 7) is 1.70. The van der Waals surface area contributed by atoms with Gasteiger partial charge in [0.25, 0.3) is 16.0 Å². The largest absolute Gasteiger partial charge is 0.497 e. The number of carbonyl (C=O) groups excluding carboxylic acids is 1. The van der Waals surface area contributed by atoms with E-state index in [1.807, 2.05) is 0 Å². The number of hydrazone groups is 1. The molecule has 1 N–H and O–H groups in total. The molecule has 2 aromatic rings. The summed E-state index contributed by atoms with van der Waals surface area (Å²) >= 11 is 0. The Labute approximate surface area is 162 Å². The molecule has 9 heteroatoms. The van der Waals surface area contributed by atoms with Crippen LogP contribution in [0.3, 0.4) is 0 Å². The number of benzene rings is 2. The van der Waals surface area contributed by atoms with E-state index in [4.69, 9.17) is 14.0 Å². The van der Waals surface area contributed by atoms with Gasteiger partial charge in [-0.15, -0.1) is 0 Å². The molecule has 1 aliphatic rings. The lowest BCUT2D eigenvalue weighted by atomic mass is 10.1. The Balaban J connectivity index is 1.94. The molecule has 0 atom stereocenters. The molecule has 0 fully saturated rings. The maximum atomic E-state index is 12.8. The number of amides is 1. The van der Waals surface area contributed by atoms with Gasteiger partial charge < -0.3 is 9.47 Å². The molecule has 146 valence electrons. The third-order valence-corrected chi connectivity index (χ3v) is 5.05. The summed E-state index contributed by atoms with van der Waals surface area (Å²) in [5, 5.41) is 5.42. The maximum Gasteiger partial charge on any atom is 0.294 e. The van der Waals surface area contributed by atoms with Gasteiger partial charge >= 0.3 is 0 Å². The Hall–Kier alpha value is -3.17. The van der Waals surface area contributed by atoms with Crippen LogP contribution in [-0.4, -0.2) is 38.8 Å². The number of rotatable bonds is 5. The summed E-state index contributed by atoms with van der Waals surface area (Å²) in [6.07, 6.45) is 1.67. The van der Waals surface area contributed by atoms with Gasteiger partial charge in [-0.05, 0) is 49.4 Å². The van der Waals surface area contributed by atoms with E-state index >= 15 is 0 Å². The number of hydrogen-bond donors (Lipinski definition) is 1. The van der Waals surface area contributed by atoms with Crippen molar-refractivity contribution >= 4 is 33.5 Å². The van der Waals surface area contributed by atoms with Crippen molar-refractivity contribution < 1.29 is 27.2 Å². The second kappa shape index (κ2) is 7.45. The van der Waals surface area contributed by atoms with Gasteiger partial charge in [0.15, 0.2) is 0 Å². The van der Waals surface area contributed by atoms with Crippen molar-refractivity contribution in [2.45, 2.75) is 11.8 Å². The Morgan fingerprint density at radius 1 is 1.07 bits per heavy atom. The minimum absolute atomic E-state index is 0.262. The molecule has 1 amide bonds. The zero-order valence-electron chi connectivity index (χ0n) is 15.4. The normalized spacial score (nSPS) is 15.7. The maximum absolute atomic E-state index is 12.8. The fourth-order valence-corrected chi connectivity index (χ4v) is 3.19. The summed E-state index contributed by atoms with van der Waals surface area (Å²) in [7, 11) is -1.23. The highest BCUT2D eigenvalue weighted by Gasteiger charge is 2.29. The second-order valence-corrected chi connectivity index (χ2v) is 7.36. The molecule has 8 nitrogen and oxygen atoms in total. The molecule has 3 rings (SSSR count). The summed E-state index contributed by atoms with van der Waals surface area (Å²) in [5.41, 5.74) is 1.94. The van der Waals surface area contributed by atoms with Gasteiger partial charge in [0, 0.05) is 11.6 Å². The van der Waals surface area contributed by atoms with Gasteiger partial charge in [-0.2, -0.15) is 18.5 Å². The van der Waals surface area contributed by atoms with Crippen molar-refractivity contribution in [2.24, 2.45) is 5.10 Å². The van der Waals surface area contributed by atoms with Crippen molar-refractivity contribution in [2.75, 3.05) is 19.2 Å². The molecular formula is C19H18N2O6S. The van der Waals surface area contributed by atoms with Crippen molar-refractivity contribution in [3.63, 3.8) is 0 Å². The monoisotopic (exact) mass is 402 g/mol. The van der Waals surface area contributed by atoms with E-state index in [1.54, 1.807) is 38.3 Å². The van der Waals surface area contributed by atoms with E-state index in [9.17, 15) is 13.2 Å². The predicted octanol–water partition coefficient (Wildman–Crippen LogP) is 2.76. The number of ether oxygens (including phenoxy) is 2. The van der Waals surface area contributed by atoms with Crippen LogP contribution in [0.5, 0.6) is 11.5 Å². The van der Waals surface area contributed by atoms with Crippen LogP contribution in [-0.2, 0) is 14.9 Å². The van der Waals surface area contributed by atoms with Crippen LogP contribution in [0.1, 0.15) is 12.5 Å². The van der Waals surface area contributed by atoms with Gasteiger partial charge in [-0.1, -0.05) is 0 Å². The zero-order valence-corrected chi connectivity index (χ0v) is 16.2. The highest BCUT2D eigenvalue weighted by atomic mass is 32.2. The molecule has 0 radical (unpaired) electrons. The molecule has 0 aliphatic carbocycles. The number of carbonyl (C=O) groups is 1. The average molecular weight is 402 g/mol. The van der Waals surface area contributed by atoms with Crippen LogP contribution in [0.4, 0.5) is 5.69 Å². The predicted molar refractivity (Wildman–Crippen MR) is 104 cm³/mol. The fourth-order valence-electron chi connectivity index (χ4n) is 2.71. The van der Waals surface area contributed by atoms with Gasteiger partial charge in [-0.25, -0.2) is 0 Å². The number of anilines is 1. The van der Waals surface area contributed by atoms with Gasteiger partial charge in [0.05, 0.1) is 36.1 Å². The quantitative estimate of drug-likeness (QED) is 0.609. The number of hydrogen-bond acceptors (Lipinski definition) is 6. The zero-order chi connectivity index (χ0) is 20.5. The summed E-state index contributed by atoms with van der Waals surface area (Å²) < 4.78 is 41.9. The second-order valence-electron chi connectivity index (χ2n) is 5.94. The topological polar surface area (TPSA) is 106 Å². The minimum Gasteiger partial charge on any atom is -0.497 e. The van der Waals surface area contributed by atoms with Crippen LogP contribution in [0, 0.1) is 0 Å². The Morgan fingerprint density at radius 2 is 1.75 bits per heavy atom. The first-order valence-corrected chi connectivity index (χ1v) is 9.60. The van der Waals surface area contributed by atoms with E-state index in [1.165, 1.54) is 36.4 Å². The summed E-state index contributed by atoms with van der Waals surface area (Å²) in [5.74, 6) is 0.807. The molecular weight excluding hydrogens is 384 g/mol. The van der Waals surface area contributed by atoms with Crippen LogP contribution >= 0.6 is 0 Å². The molecule has 1 aliphatic heterocycles. The van der Waals surface area contributed by atoms with Crippen LogP contribution in [0.2, 0.25) is 0 Å². The third kappa shape index (κ3) is 3.75. The standard InChI is InChI=1S/C19H18N2O6S/c1-12-17(10-13-4-7-15(26-2)11-18(13)27-3)19(22)21(20-12)14-5-8-16(9-6-14)28(23,24)25/h4-11H,1-3H3,(H,23,24,25)/b17-10-. The summed E-state index contributed by atoms with van der Waals surface area (Å²) in [4.78, 5) is 12.6. The lowest BCUT2D eigenvalue weighted by molar-refractivity contribution is -0.114. The Kier molecular flexibility index (Phi) is 5.21. The fraction of sp³-hybridized carbons (Fsp3) is 0.158. The number of methoxy groups -OCH3 is 2. The Bertz CT molecular complexity index is 1090. The van der Waals surface area contributed by atoms with Crippen LogP contribution in [0.25, 0.3) is 6.08 Å². The first kappa shape index (κ1) is 19.6. The molecule has 0 aromatic heterocycles. The van der Waals surface area contributed by atoms with Crippen LogP contribution in [0.15, 0.2) is 58.0 Å². The van der Waals surface area contributed by atoms with Gasteiger partial charge in [0.1, 0.15) is 11.5 Å². The SMILES string of the molecule is COc1ccc(/C=C2\C(=O)N(c3ccc(S(=O)(=O)O)cc3)N=C2C)c(OC)c1. The highest BCUT2D eigenvalue weighted by molar-refractivity contribution is 7.85. The first-order valence-electron chi connectivity index (χ1n) is 8.16. The lowest BCUT2D eigenvalue weighted by Crippen LogP contribution is -2.21. The first-order chi connectivity index (χ1) is 13.2. The lowest BCUT2D eigenvalue weighted by Gasteiger charge is -2.12.